The Labute approximate surface area is 79.7 Å². The van der Waals surface area contributed by atoms with Crippen LogP contribution in [0.2, 0.25) is 0 Å². The molecule has 0 amide bonds. The molecule has 0 saturated carbocycles. The van der Waals surface area contributed by atoms with Crippen molar-refractivity contribution in [3.63, 3.8) is 0 Å². The molecule has 1 nitrogen and oxygen atoms in total. The third-order valence-corrected chi connectivity index (χ3v) is 2.93. The first-order valence-electron chi connectivity index (χ1n) is 4.98. The van der Waals surface area contributed by atoms with Crippen LogP contribution in [0.3, 0.4) is 0 Å². The molecule has 1 aromatic carbocycles. The zero-order valence-corrected chi connectivity index (χ0v) is 8.12. The highest BCUT2D eigenvalue weighted by Gasteiger charge is 2.20. The van der Waals surface area contributed by atoms with Crippen molar-refractivity contribution in [2.45, 2.75) is 25.2 Å². The Balaban J connectivity index is 2.09. The lowest BCUT2D eigenvalue weighted by Crippen LogP contribution is -1.98. The molecular weight excluding hydrogens is 160 g/mol. The van der Waals surface area contributed by atoms with E-state index in [0.29, 0.717) is 0 Å². The molecule has 0 aromatic heterocycles. The number of ether oxygens (including phenoxy) is 1. The summed E-state index contributed by atoms with van der Waals surface area (Å²) in [7, 11) is 1.78. The fourth-order valence-electron chi connectivity index (χ4n) is 2.21. The quantitative estimate of drug-likeness (QED) is 0.688. The van der Waals surface area contributed by atoms with E-state index in [1.807, 2.05) is 0 Å². The Bertz CT molecular complexity index is 280. The van der Waals surface area contributed by atoms with Gasteiger partial charge in [-0.05, 0) is 36.3 Å². The van der Waals surface area contributed by atoms with E-state index in [1.165, 1.54) is 19.3 Å². The molecule has 0 bridgehead atoms. The first-order valence-corrected chi connectivity index (χ1v) is 4.98. The van der Waals surface area contributed by atoms with E-state index < -0.39 is 0 Å². The van der Waals surface area contributed by atoms with E-state index in [1.54, 1.807) is 18.2 Å². The predicted molar refractivity (Wildman–Crippen MR) is 54.0 cm³/mol. The molecule has 0 fully saturated rings. The van der Waals surface area contributed by atoms with Crippen molar-refractivity contribution in [3.8, 4) is 0 Å². The molecule has 0 spiro atoms. The van der Waals surface area contributed by atoms with E-state index in [-0.39, 0.29) is 0 Å². The largest absolute Gasteiger partial charge is 0.385 e. The Morgan fingerprint density at radius 2 is 2.23 bits per heavy atom. The van der Waals surface area contributed by atoms with Crippen molar-refractivity contribution in [2.24, 2.45) is 0 Å². The van der Waals surface area contributed by atoms with Crippen LogP contribution in [0.25, 0.3) is 0 Å². The summed E-state index contributed by atoms with van der Waals surface area (Å²) in [5.74, 6) is 0.746. The van der Waals surface area contributed by atoms with Gasteiger partial charge in [-0.15, -0.1) is 0 Å². The van der Waals surface area contributed by atoms with E-state index in [4.69, 9.17) is 4.74 Å². The molecule has 1 unspecified atom stereocenters. The summed E-state index contributed by atoms with van der Waals surface area (Å²) in [6.07, 6.45) is 3.74. The van der Waals surface area contributed by atoms with Crippen molar-refractivity contribution in [2.75, 3.05) is 13.7 Å². The molecule has 0 radical (unpaired) electrons. The van der Waals surface area contributed by atoms with Crippen molar-refractivity contribution in [1.82, 2.24) is 0 Å². The fraction of sp³-hybridized carbons (Fsp3) is 0.500. The summed E-state index contributed by atoms with van der Waals surface area (Å²) in [6, 6.07) is 8.80. The van der Waals surface area contributed by atoms with Gasteiger partial charge in [0.15, 0.2) is 0 Å². The molecule has 1 aliphatic rings. The molecule has 0 heterocycles. The molecule has 1 aromatic rings. The van der Waals surface area contributed by atoms with Gasteiger partial charge in [-0.25, -0.2) is 0 Å². The molecule has 1 atom stereocenters. The third kappa shape index (κ3) is 1.75. The molecule has 0 N–H and O–H groups in total. The monoisotopic (exact) mass is 176 g/mol. The average molecular weight is 176 g/mol. The van der Waals surface area contributed by atoms with Crippen molar-refractivity contribution in [1.29, 1.82) is 0 Å². The van der Waals surface area contributed by atoms with Gasteiger partial charge in [-0.1, -0.05) is 24.3 Å². The molecule has 1 aliphatic carbocycles. The first kappa shape index (κ1) is 8.76. The second-order valence-electron chi connectivity index (χ2n) is 3.72. The number of hydrogen-bond acceptors (Lipinski definition) is 1. The lowest BCUT2D eigenvalue weighted by atomic mass is 9.98. The Morgan fingerprint density at radius 3 is 3.08 bits per heavy atom. The first-order chi connectivity index (χ1) is 6.42. The van der Waals surface area contributed by atoms with Crippen LogP contribution in [-0.2, 0) is 11.2 Å². The van der Waals surface area contributed by atoms with Crippen LogP contribution < -0.4 is 0 Å². The van der Waals surface area contributed by atoms with Crippen LogP contribution in [0.1, 0.15) is 29.9 Å². The van der Waals surface area contributed by atoms with Crippen molar-refractivity contribution >= 4 is 0 Å². The van der Waals surface area contributed by atoms with Crippen LogP contribution in [0, 0.1) is 0 Å². The second-order valence-corrected chi connectivity index (χ2v) is 3.72. The molecule has 13 heavy (non-hydrogen) atoms. The lowest BCUT2D eigenvalue weighted by molar-refractivity contribution is 0.187. The zero-order chi connectivity index (χ0) is 9.10. The molecule has 1 heteroatoms. The maximum Gasteiger partial charge on any atom is 0.0468 e. The van der Waals surface area contributed by atoms with Gasteiger partial charge in [0.05, 0.1) is 0 Å². The normalized spacial score (nSPS) is 20.2. The van der Waals surface area contributed by atoms with Crippen LogP contribution >= 0.6 is 0 Å². The number of aryl methyl sites for hydroxylation is 1. The summed E-state index contributed by atoms with van der Waals surface area (Å²) in [5.41, 5.74) is 3.10. The summed E-state index contributed by atoms with van der Waals surface area (Å²) in [4.78, 5) is 0. The summed E-state index contributed by atoms with van der Waals surface area (Å²) in [6.45, 7) is 0.888. The Hall–Kier alpha value is -0.820. The molecule has 70 valence electrons. The highest BCUT2D eigenvalue weighted by Crippen LogP contribution is 2.34. The highest BCUT2D eigenvalue weighted by atomic mass is 16.5. The van der Waals surface area contributed by atoms with Gasteiger partial charge in [0.1, 0.15) is 0 Å². The van der Waals surface area contributed by atoms with Gasteiger partial charge in [-0.3, -0.25) is 0 Å². The van der Waals surface area contributed by atoms with Crippen LogP contribution in [0.4, 0.5) is 0 Å². The number of benzene rings is 1. The number of hydrogen-bond donors (Lipinski definition) is 0. The maximum absolute atomic E-state index is 5.12. The van der Waals surface area contributed by atoms with Gasteiger partial charge in [0.25, 0.3) is 0 Å². The van der Waals surface area contributed by atoms with Crippen LogP contribution in [-0.4, -0.2) is 13.7 Å². The summed E-state index contributed by atoms with van der Waals surface area (Å²) < 4.78 is 5.12. The van der Waals surface area contributed by atoms with Gasteiger partial charge in [0, 0.05) is 13.7 Å². The number of fused-ring (bicyclic) bond motifs is 1. The minimum absolute atomic E-state index is 0.746. The smallest absolute Gasteiger partial charge is 0.0468 e. The van der Waals surface area contributed by atoms with Crippen molar-refractivity contribution < 1.29 is 4.74 Å². The second kappa shape index (κ2) is 3.93. The Kier molecular flexibility index (Phi) is 2.65. The van der Waals surface area contributed by atoms with Gasteiger partial charge in [0.2, 0.25) is 0 Å². The van der Waals surface area contributed by atoms with Crippen LogP contribution in [0.5, 0.6) is 0 Å². The minimum Gasteiger partial charge on any atom is -0.385 e. The average Bonchev–Trinajstić information content (AvgIpc) is 2.58. The van der Waals surface area contributed by atoms with Gasteiger partial charge >= 0.3 is 0 Å². The number of methoxy groups -OCH3 is 1. The van der Waals surface area contributed by atoms with Crippen molar-refractivity contribution in [3.05, 3.63) is 35.4 Å². The minimum atomic E-state index is 0.746. The maximum atomic E-state index is 5.12. The summed E-state index contributed by atoms with van der Waals surface area (Å²) >= 11 is 0. The van der Waals surface area contributed by atoms with Gasteiger partial charge in [-0.2, -0.15) is 0 Å². The standard InChI is InChI=1S/C12H16O/c1-13-9-8-11-7-6-10-4-2-3-5-12(10)11/h2-5,11H,6-9H2,1H3. The van der Waals surface area contributed by atoms with Gasteiger partial charge < -0.3 is 4.74 Å². The molecule has 0 saturated heterocycles. The number of rotatable bonds is 3. The fourth-order valence-corrected chi connectivity index (χ4v) is 2.21. The Morgan fingerprint density at radius 1 is 1.38 bits per heavy atom. The predicted octanol–water partition coefficient (Wildman–Crippen LogP) is 2.75. The topological polar surface area (TPSA) is 9.23 Å². The van der Waals surface area contributed by atoms with E-state index in [2.05, 4.69) is 24.3 Å². The van der Waals surface area contributed by atoms with Crippen LogP contribution in [0.15, 0.2) is 24.3 Å². The van der Waals surface area contributed by atoms with E-state index >= 15 is 0 Å². The highest BCUT2D eigenvalue weighted by molar-refractivity contribution is 5.34. The van der Waals surface area contributed by atoms with E-state index in [0.717, 1.165) is 12.5 Å². The lowest BCUT2D eigenvalue weighted by Gasteiger charge is -2.09. The molecular formula is C12H16O. The summed E-state index contributed by atoms with van der Waals surface area (Å²) in [5, 5.41) is 0. The SMILES string of the molecule is COCCC1CCc2ccccc21. The zero-order valence-electron chi connectivity index (χ0n) is 8.12. The third-order valence-electron chi connectivity index (χ3n) is 2.93. The molecule has 0 aliphatic heterocycles. The van der Waals surface area contributed by atoms with E-state index in [9.17, 15) is 0 Å². The molecule has 2 rings (SSSR count).